The summed E-state index contributed by atoms with van der Waals surface area (Å²) in [5, 5.41) is 7.87. The molecule has 2 heterocycles. The molecule has 0 saturated carbocycles. The Morgan fingerprint density at radius 1 is 1.31 bits per heavy atom. The number of hydrogen-bond donors (Lipinski definition) is 1. The first-order chi connectivity index (χ1) is 13.5. The van der Waals surface area contributed by atoms with Gasteiger partial charge in [-0.3, -0.25) is 14.6 Å². The molecule has 2 atom stereocenters. The Bertz CT molecular complexity index is 760. The van der Waals surface area contributed by atoms with E-state index in [4.69, 9.17) is 0 Å². The smallest absolute Gasteiger partial charge is 0.193 e. The molecule has 3 rings (SSSR count). The summed E-state index contributed by atoms with van der Waals surface area (Å²) in [6, 6.07) is 11.1. The van der Waals surface area contributed by atoms with Crippen LogP contribution in [0.5, 0.6) is 0 Å². The summed E-state index contributed by atoms with van der Waals surface area (Å²) in [5.74, 6) is 1.69. The van der Waals surface area contributed by atoms with Crippen molar-refractivity contribution in [2.45, 2.75) is 32.4 Å². The van der Waals surface area contributed by atoms with Crippen LogP contribution in [0.15, 0.2) is 47.7 Å². The summed E-state index contributed by atoms with van der Waals surface area (Å²) in [4.78, 5) is 9.30. The topological polar surface area (TPSA) is 48.7 Å². The van der Waals surface area contributed by atoms with Crippen LogP contribution in [0.3, 0.4) is 0 Å². The monoisotopic (exact) mass is 510 g/mol. The molecule has 2 unspecified atom stereocenters. The zero-order valence-electron chi connectivity index (χ0n) is 18.1. The van der Waals surface area contributed by atoms with Crippen molar-refractivity contribution in [1.82, 2.24) is 24.9 Å². The molecule has 1 aliphatic heterocycles. The molecule has 0 bridgehead atoms. The number of nitrogens with zero attached hydrogens (tertiary/aromatic N) is 5. The first-order valence-corrected chi connectivity index (χ1v) is 10.2. The third-order valence-corrected chi connectivity index (χ3v) is 5.66. The highest BCUT2D eigenvalue weighted by atomic mass is 127. The number of guanidine groups is 1. The van der Waals surface area contributed by atoms with Crippen LogP contribution in [0.2, 0.25) is 0 Å². The lowest BCUT2D eigenvalue weighted by molar-refractivity contribution is 0.247. The summed E-state index contributed by atoms with van der Waals surface area (Å²) < 4.78 is 1.88. The second-order valence-electron chi connectivity index (χ2n) is 8.00. The number of hydrogen-bond acceptors (Lipinski definition) is 3. The third-order valence-electron chi connectivity index (χ3n) is 5.66. The highest BCUT2D eigenvalue weighted by Gasteiger charge is 2.25. The Hall–Kier alpha value is -1.61. The Kier molecular flexibility index (Phi) is 9.42. The van der Waals surface area contributed by atoms with Gasteiger partial charge in [0.15, 0.2) is 5.96 Å². The Balaban J connectivity index is 0.00000300. The van der Waals surface area contributed by atoms with Crippen LogP contribution in [0.25, 0.3) is 0 Å². The first kappa shape index (κ1) is 23.7. The van der Waals surface area contributed by atoms with Crippen molar-refractivity contribution < 1.29 is 0 Å². The molecule has 1 N–H and O–H groups in total. The van der Waals surface area contributed by atoms with Gasteiger partial charge in [0.25, 0.3) is 0 Å². The summed E-state index contributed by atoms with van der Waals surface area (Å²) in [6.07, 6.45) is 6.41. The number of aromatic nitrogens is 2. The van der Waals surface area contributed by atoms with Gasteiger partial charge in [-0.25, -0.2) is 0 Å². The van der Waals surface area contributed by atoms with Gasteiger partial charge in [0, 0.05) is 52.5 Å². The molecule has 6 nitrogen and oxygen atoms in total. The predicted octanol–water partition coefficient (Wildman–Crippen LogP) is 3.00. The molecule has 160 valence electrons. The van der Waals surface area contributed by atoms with Gasteiger partial charge in [-0.05, 0) is 43.9 Å². The molecular weight excluding hydrogens is 475 g/mol. The first-order valence-electron chi connectivity index (χ1n) is 10.2. The molecule has 7 heteroatoms. The number of likely N-dealkylation sites (tertiary alicyclic amines) is 1. The van der Waals surface area contributed by atoms with Gasteiger partial charge in [-0.1, -0.05) is 30.3 Å². The van der Waals surface area contributed by atoms with E-state index in [1.54, 1.807) is 0 Å². The van der Waals surface area contributed by atoms with Crippen LogP contribution in [-0.4, -0.2) is 65.3 Å². The molecule has 1 fully saturated rings. The lowest BCUT2D eigenvalue weighted by Gasteiger charge is -2.28. The maximum Gasteiger partial charge on any atom is 0.193 e. The van der Waals surface area contributed by atoms with Crippen molar-refractivity contribution in [3.8, 4) is 0 Å². The fourth-order valence-corrected chi connectivity index (χ4v) is 3.86. The number of halogens is 1. The van der Waals surface area contributed by atoms with E-state index in [0.29, 0.717) is 12.0 Å². The van der Waals surface area contributed by atoms with Crippen molar-refractivity contribution in [3.05, 3.63) is 53.9 Å². The Morgan fingerprint density at radius 2 is 2.07 bits per heavy atom. The molecule has 0 spiro atoms. The van der Waals surface area contributed by atoms with Gasteiger partial charge < -0.3 is 10.2 Å². The van der Waals surface area contributed by atoms with Crippen LogP contribution in [0.1, 0.15) is 24.5 Å². The minimum Gasteiger partial charge on any atom is -0.355 e. The molecule has 0 aliphatic carbocycles. The Morgan fingerprint density at radius 3 is 2.72 bits per heavy atom. The van der Waals surface area contributed by atoms with Gasteiger partial charge in [0.2, 0.25) is 0 Å². The molecule has 1 aromatic carbocycles. The Labute approximate surface area is 192 Å². The standard InChI is InChI=1S/C22H34N6.HI/c1-18(26(3)15-19-8-6-5-7-9-19)13-24-22(23-2)28-11-10-20(17-28)12-21-14-25-27(4)16-21;/h5-9,14,16,18,20H,10-13,15,17H2,1-4H3,(H,23,24);1H. The van der Waals surface area contributed by atoms with E-state index in [2.05, 4.69) is 75.7 Å². The highest BCUT2D eigenvalue weighted by molar-refractivity contribution is 14.0. The molecule has 29 heavy (non-hydrogen) atoms. The fourth-order valence-electron chi connectivity index (χ4n) is 3.86. The summed E-state index contributed by atoms with van der Waals surface area (Å²) >= 11 is 0. The number of likely N-dealkylation sites (N-methyl/N-ethyl adjacent to an activating group) is 1. The van der Waals surface area contributed by atoms with E-state index in [0.717, 1.165) is 38.6 Å². The summed E-state index contributed by atoms with van der Waals surface area (Å²) in [5.41, 5.74) is 2.67. The van der Waals surface area contributed by atoms with Crippen LogP contribution in [0.4, 0.5) is 0 Å². The van der Waals surface area contributed by atoms with Gasteiger partial charge in [0.05, 0.1) is 6.20 Å². The zero-order valence-corrected chi connectivity index (χ0v) is 20.4. The number of aliphatic imine (C=N–C) groups is 1. The van der Waals surface area contributed by atoms with Gasteiger partial charge in [0.1, 0.15) is 0 Å². The lowest BCUT2D eigenvalue weighted by Crippen LogP contribution is -2.46. The second-order valence-corrected chi connectivity index (χ2v) is 8.00. The lowest BCUT2D eigenvalue weighted by atomic mass is 10.0. The van der Waals surface area contributed by atoms with E-state index in [1.807, 2.05) is 25.0 Å². The average Bonchev–Trinajstić information content (AvgIpc) is 3.32. The van der Waals surface area contributed by atoms with Crippen molar-refractivity contribution in [1.29, 1.82) is 0 Å². The maximum absolute atomic E-state index is 4.53. The predicted molar refractivity (Wildman–Crippen MR) is 131 cm³/mol. The van der Waals surface area contributed by atoms with Gasteiger partial charge >= 0.3 is 0 Å². The van der Waals surface area contributed by atoms with Crippen LogP contribution < -0.4 is 5.32 Å². The van der Waals surface area contributed by atoms with Crippen LogP contribution in [-0.2, 0) is 20.0 Å². The minimum atomic E-state index is 0. The molecule has 1 saturated heterocycles. The molecule has 1 aromatic heterocycles. The molecular formula is C22H35IN6. The number of aryl methyl sites for hydroxylation is 1. The largest absolute Gasteiger partial charge is 0.355 e. The van der Waals surface area contributed by atoms with Crippen LogP contribution in [0, 0.1) is 5.92 Å². The fraction of sp³-hybridized carbons (Fsp3) is 0.545. The molecule has 0 amide bonds. The summed E-state index contributed by atoms with van der Waals surface area (Å²) in [6.45, 7) is 6.24. The summed E-state index contributed by atoms with van der Waals surface area (Å²) in [7, 11) is 6.04. The highest BCUT2D eigenvalue weighted by Crippen LogP contribution is 2.20. The number of benzene rings is 1. The van der Waals surface area contributed by atoms with Crippen molar-refractivity contribution in [2.75, 3.05) is 33.7 Å². The van der Waals surface area contributed by atoms with Gasteiger partial charge in [-0.2, -0.15) is 5.10 Å². The average molecular weight is 510 g/mol. The van der Waals surface area contributed by atoms with Crippen molar-refractivity contribution in [3.63, 3.8) is 0 Å². The van der Waals surface area contributed by atoms with E-state index in [1.165, 1.54) is 17.5 Å². The van der Waals surface area contributed by atoms with Crippen molar-refractivity contribution in [2.24, 2.45) is 18.0 Å². The minimum absolute atomic E-state index is 0. The van der Waals surface area contributed by atoms with E-state index >= 15 is 0 Å². The zero-order chi connectivity index (χ0) is 19.9. The third kappa shape index (κ3) is 6.99. The van der Waals surface area contributed by atoms with Crippen molar-refractivity contribution >= 4 is 29.9 Å². The van der Waals surface area contributed by atoms with E-state index in [-0.39, 0.29) is 24.0 Å². The SMILES string of the molecule is CN=C(NCC(C)N(C)Cc1ccccc1)N1CCC(Cc2cnn(C)c2)C1.I. The van der Waals surface area contributed by atoms with E-state index in [9.17, 15) is 0 Å². The quantitative estimate of drug-likeness (QED) is 0.354. The van der Waals surface area contributed by atoms with Crippen LogP contribution >= 0.6 is 24.0 Å². The molecule has 1 aliphatic rings. The van der Waals surface area contributed by atoms with Gasteiger partial charge in [-0.15, -0.1) is 24.0 Å². The molecule has 2 aromatic rings. The normalized spacial score (nSPS) is 18.0. The molecule has 0 radical (unpaired) electrons. The number of rotatable bonds is 7. The maximum atomic E-state index is 4.53. The van der Waals surface area contributed by atoms with E-state index < -0.39 is 0 Å². The second kappa shape index (κ2) is 11.5. The number of nitrogens with one attached hydrogen (secondary N) is 1.